The molecule has 0 unspecified atom stereocenters. The van der Waals surface area contributed by atoms with Gasteiger partial charge < -0.3 is 4.57 Å². The van der Waals surface area contributed by atoms with E-state index in [0.717, 1.165) is 36.5 Å². The van der Waals surface area contributed by atoms with Crippen molar-refractivity contribution in [1.82, 2.24) is 14.5 Å². The molecule has 37 heavy (non-hydrogen) atoms. The third-order valence-corrected chi connectivity index (χ3v) is 7.16. The summed E-state index contributed by atoms with van der Waals surface area (Å²) in [5.41, 5.74) is 3.93. The first-order valence-electron chi connectivity index (χ1n) is 12.9. The lowest BCUT2D eigenvalue weighted by molar-refractivity contribution is 0.238. The summed E-state index contributed by atoms with van der Waals surface area (Å²) in [6.45, 7) is 4.77. The minimum absolute atomic E-state index is 0.278. The van der Waals surface area contributed by atoms with Gasteiger partial charge in [-0.25, -0.2) is 9.37 Å². The number of halogens is 2. The summed E-state index contributed by atoms with van der Waals surface area (Å²) in [5.74, 6) is 0.693. The minimum Gasteiger partial charge on any atom is -0.327 e. The van der Waals surface area contributed by atoms with Crippen molar-refractivity contribution in [1.29, 1.82) is 0 Å². The molecular formula is C32H31ClFN3. The Kier molecular flexibility index (Phi) is 7.98. The number of benzene rings is 4. The second kappa shape index (κ2) is 11.7. The van der Waals surface area contributed by atoms with Crippen molar-refractivity contribution in [3.63, 3.8) is 0 Å². The molecule has 0 saturated carbocycles. The Labute approximate surface area is 223 Å². The summed E-state index contributed by atoms with van der Waals surface area (Å²) in [5, 5.41) is 2.86. The quantitative estimate of drug-likeness (QED) is 0.187. The molecule has 0 radical (unpaired) electrons. The highest BCUT2D eigenvalue weighted by atomic mass is 35.5. The van der Waals surface area contributed by atoms with E-state index in [9.17, 15) is 4.39 Å². The third-order valence-electron chi connectivity index (χ3n) is 6.81. The molecular weight excluding hydrogens is 481 g/mol. The van der Waals surface area contributed by atoms with Crippen LogP contribution in [0.3, 0.4) is 0 Å². The first-order valence-corrected chi connectivity index (χ1v) is 13.2. The number of hydrogen-bond acceptors (Lipinski definition) is 2. The summed E-state index contributed by atoms with van der Waals surface area (Å²) >= 11 is 6.47. The molecule has 0 N–H and O–H groups in total. The third kappa shape index (κ3) is 5.76. The number of fused-ring (bicyclic) bond motifs is 1. The van der Waals surface area contributed by atoms with Gasteiger partial charge in [0.2, 0.25) is 0 Å². The van der Waals surface area contributed by atoms with E-state index in [2.05, 4.69) is 71.0 Å². The van der Waals surface area contributed by atoms with Gasteiger partial charge in [-0.2, -0.15) is 0 Å². The zero-order valence-corrected chi connectivity index (χ0v) is 21.8. The van der Waals surface area contributed by atoms with E-state index in [4.69, 9.17) is 16.6 Å². The highest BCUT2D eigenvalue weighted by Gasteiger charge is 2.19. The summed E-state index contributed by atoms with van der Waals surface area (Å²) in [6.07, 6.45) is 4.12. The van der Waals surface area contributed by atoms with Crippen LogP contribution in [-0.4, -0.2) is 14.5 Å². The summed E-state index contributed by atoms with van der Waals surface area (Å²) in [4.78, 5) is 7.09. The van der Waals surface area contributed by atoms with Crippen molar-refractivity contribution < 1.29 is 4.39 Å². The fourth-order valence-electron chi connectivity index (χ4n) is 4.90. The molecule has 0 bridgehead atoms. The van der Waals surface area contributed by atoms with Gasteiger partial charge in [0.25, 0.3) is 0 Å². The fourth-order valence-corrected chi connectivity index (χ4v) is 5.12. The molecule has 0 aliphatic heterocycles. The molecule has 1 heterocycles. The number of imidazole rings is 1. The Balaban J connectivity index is 1.53. The standard InChI is InChI=1S/C32H31ClFN3/c1-2-3-19-37-27(20-35-32(37)25-12-5-4-6-13-25)22-36(23-29-30(33)17-10-18-31(29)34)21-26-15-9-14-24-11-7-8-16-28(24)26/h4-18,20H,2-3,19,21-23H2,1H3. The van der Waals surface area contributed by atoms with Crippen molar-refractivity contribution >= 4 is 22.4 Å². The van der Waals surface area contributed by atoms with Gasteiger partial charge in [-0.15, -0.1) is 0 Å². The van der Waals surface area contributed by atoms with Crippen LogP contribution in [0.5, 0.6) is 0 Å². The zero-order valence-electron chi connectivity index (χ0n) is 21.1. The highest BCUT2D eigenvalue weighted by Crippen LogP contribution is 2.27. The van der Waals surface area contributed by atoms with Gasteiger partial charge in [-0.1, -0.05) is 104 Å². The van der Waals surface area contributed by atoms with E-state index in [1.165, 1.54) is 22.4 Å². The number of rotatable bonds is 10. The first-order chi connectivity index (χ1) is 18.1. The van der Waals surface area contributed by atoms with Crippen LogP contribution in [0.2, 0.25) is 5.02 Å². The van der Waals surface area contributed by atoms with Crippen molar-refractivity contribution in [2.75, 3.05) is 0 Å². The maximum atomic E-state index is 14.9. The predicted octanol–water partition coefficient (Wildman–Crippen LogP) is 8.50. The van der Waals surface area contributed by atoms with Gasteiger partial charge in [0.15, 0.2) is 0 Å². The van der Waals surface area contributed by atoms with E-state index in [1.807, 2.05) is 24.4 Å². The molecule has 1 aromatic heterocycles. The van der Waals surface area contributed by atoms with E-state index >= 15 is 0 Å². The van der Waals surface area contributed by atoms with Gasteiger partial charge in [-0.05, 0) is 34.9 Å². The van der Waals surface area contributed by atoms with Crippen LogP contribution in [0.25, 0.3) is 22.2 Å². The smallest absolute Gasteiger partial charge is 0.140 e. The van der Waals surface area contributed by atoms with Crippen molar-refractivity contribution in [3.05, 3.63) is 125 Å². The average molecular weight is 512 g/mol. The van der Waals surface area contributed by atoms with E-state index in [1.54, 1.807) is 12.1 Å². The second-order valence-electron chi connectivity index (χ2n) is 9.43. The van der Waals surface area contributed by atoms with Crippen molar-refractivity contribution in [3.8, 4) is 11.4 Å². The molecule has 0 spiro atoms. The lowest BCUT2D eigenvalue weighted by Gasteiger charge is -2.25. The van der Waals surface area contributed by atoms with Crippen LogP contribution in [0.1, 0.15) is 36.6 Å². The Hall–Kier alpha value is -3.47. The van der Waals surface area contributed by atoms with Gasteiger partial charge in [0.05, 0.1) is 11.9 Å². The van der Waals surface area contributed by atoms with Crippen LogP contribution in [0, 0.1) is 5.82 Å². The number of aromatic nitrogens is 2. The Bertz CT molecular complexity index is 1450. The normalized spacial score (nSPS) is 11.5. The largest absolute Gasteiger partial charge is 0.327 e. The molecule has 0 fully saturated rings. The molecule has 0 atom stereocenters. The molecule has 0 aliphatic rings. The molecule has 0 saturated heterocycles. The SMILES string of the molecule is CCCCn1c(CN(Cc2c(F)cccc2Cl)Cc2cccc3ccccc23)cnc1-c1ccccc1. The maximum absolute atomic E-state index is 14.9. The van der Waals surface area contributed by atoms with Crippen molar-refractivity contribution in [2.24, 2.45) is 0 Å². The van der Waals surface area contributed by atoms with Crippen LogP contribution < -0.4 is 0 Å². The lowest BCUT2D eigenvalue weighted by Crippen LogP contribution is -2.25. The molecule has 188 valence electrons. The predicted molar refractivity (Wildman–Crippen MR) is 151 cm³/mol. The van der Waals surface area contributed by atoms with Crippen molar-refractivity contribution in [2.45, 2.75) is 45.9 Å². The van der Waals surface area contributed by atoms with Crippen LogP contribution in [-0.2, 0) is 26.2 Å². The topological polar surface area (TPSA) is 21.1 Å². The van der Waals surface area contributed by atoms with E-state index in [-0.39, 0.29) is 5.82 Å². The monoisotopic (exact) mass is 511 g/mol. The molecule has 5 aromatic rings. The summed E-state index contributed by atoms with van der Waals surface area (Å²) in [6, 6.07) is 30.0. The second-order valence-corrected chi connectivity index (χ2v) is 9.84. The van der Waals surface area contributed by atoms with Crippen LogP contribution in [0.15, 0.2) is 97.2 Å². The molecule has 5 rings (SSSR count). The Morgan fingerprint density at radius 2 is 1.59 bits per heavy atom. The number of nitrogens with zero attached hydrogens (tertiary/aromatic N) is 3. The molecule has 4 aromatic carbocycles. The van der Waals surface area contributed by atoms with Crippen LogP contribution in [0.4, 0.5) is 4.39 Å². The molecule has 0 amide bonds. The average Bonchev–Trinajstić information content (AvgIpc) is 3.32. The maximum Gasteiger partial charge on any atom is 0.140 e. The number of hydrogen-bond donors (Lipinski definition) is 0. The Morgan fingerprint density at radius 3 is 2.41 bits per heavy atom. The Morgan fingerprint density at radius 1 is 0.838 bits per heavy atom. The van der Waals surface area contributed by atoms with E-state index in [0.29, 0.717) is 30.2 Å². The number of unbranched alkanes of at least 4 members (excludes halogenated alkanes) is 1. The highest BCUT2D eigenvalue weighted by molar-refractivity contribution is 6.31. The lowest BCUT2D eigenvalue weighted by atomic mass is 10.0. The molecule has 0 aliphatic carbocycles. The van der Waals surface area contributed by atoms with Gasteiger partial charge >= 0.3 is 0 Å². The summed E-state index contributed by atoms with van der Waals surface area (Å²) in [7, 11) is 0. The van der Waals surface area contributed by atoms with E-state index < -0.39 is 0 Å². The molecule has 3 nitrogen and oxygen atoms in total. The fraction of sp³-hybridized carbons (Fsp3) is 0.219. The molecule has 5 heteroatoms. The van der Waals surface area contributed by atoms with Crippen LogP contribution >= 0.6 is 11.6 Å². The van der Waals surface area contributed by atoms with Gasteiger partial charge in [0.1, 0.15) is 11.6 Å². The van der Waals surface area contributed by atoms with Gasteiger partial charge in [-0.3, -0.25) is 4.90 Å². The first kappa shape index (κ1) is 25.2. The summed E-state index contributed by atoms with van der Waals surface area (Å²) < 4.78 is 17.2. The zero-order chi connectivity index (χ0) is 25.6. The van der Waals surface area contributed by atoms with Gasteiger partial charge in [0, 0.05) is 42.3 Å². The minimum atomic E-state index is -0.278.